The minimum absolute atomic E-state index is 0.105. The van der Waals surface area contributed by atoms with Crippen LogP contribution in [-0.4, -0.2) is 57.1 Å². The minimum Gasteiger partial charge on any atom is -0.373 e. The lowest BCUT2D eigenvalue weighted by molar-refractivity contribution is -0.124. The third kappa shape index (κ3) is 4.70. The van der Waals surface area contributed by atoms with Crippen LogP contribution in [0.3, 0.4) is 0 Å². The number of rotatable bonds is 8. The van der Waals surface area contributed by atoms with Crippen molar-refractivity contribution in [1.82, 2.24) is 9.62 Å². The molecule has 0 spiro atoms. The Labute approximate surface area is 144 Å². The fraction of sp³-hybridized carbons (Fsp3) is 0.588. The van der Waals surface area contributed by atoms with E-state index >= 15 is 0 Å². The number of carbonyl (C=O) groups is 1. The van der Waals surface area contributed by atoms with Gasteiger partial charge in [0.25, 0.3) is 0 Å². The van der Waals surface area contributed by atoms with Crippen molar-refractivity contribution in [3.63, 3.8) is 0 Å². The molecule has 1 unspecified atom stereocenters. The molecule has 0 radical (unpaired) electrons. The Morgan fingerprint density at radius 2 is 2.04 bits per heavy atom. The first kappa shape index (κ1) is 18.7. The van der Waals surface area contributed by atoms with Gasteiger partial charge in [0, 0.05) is 32.4 Å². The van der Waals surface area contributed by atoms with Gasteiger partial charge < -0.3 is 10.2 Å². The van der Waals surface area contributed by atoms with Gasteiger partial charge in [-0.2, -0.15) is 4.31 Å². The summed E-state index contributed by atoms with van der Waals surface area (Å²) in [6.45, 7) is 3.44. The lowest BCUT2D eigenvalue weighted by Gasteiger charge is -2.24. The molecule has 1 amide bonds. The summed E-state index contributed by atoms with van der Waals surface area (Å²) in [5, 5.41) is 2.88. The van der Waals surface area contributed by atoms with Gasteiger partial charge in [-0.25, -0.2) is 8.42 Å². The normalized spacial score (nSPS) is 18.5. The smallest absolute Gasteiger partial charge is 0.238 e. The van der Waals surface area contributed by atoms with Gasteiger partial charge in [-0.15, -0.1) is 0 Å². The Morgan fingerprint density at radius 1 is 1.33 bits per heavy atom. The molecule has 0 aromatic heterocycles. The van der Waals surface area contributed by atoms with E-state index in [1.54, 1.807) is 0 Å². The molecule has 0 aliphatic carbocycles. The number of benzene rings is 1. The second kappa shape index (κ2) is 8.48. The van der Waals surface area contributed by atoms with Gasteiger partial charge in [0.05, 0.1) is 5.75 Å². The first-order chi connectivity index (χ1) is 11.5. The van der Waals surface area contributed by atoms with Crippen LogP contribution in [0.25, 0.3) is 0 Å². The second-order valence-electron chi connectivity index (χ2n) is 6.13. The molecule has 0 saturated carbocycles. The summed E-state index contributed by atoms with van der Waals surface area (Å²) in [5.41, 5.74) is 1.08. The summed E-state index contributed by atoms with van der Waals surface area (Å²) in [4.78, 5) is 14.4. The van der Waals surface area contributed by atoms with E-state index in [-0.39, 0.29) is 11.7 Å². The molecule has 24 heavy (non-hydrogen) atoms. The molecule has 6 nitrogen and oxygen atoms in total. The van der Waals surface area contributed by atoms with Crippen LogP contribution in [0.5, 0.6) is 0 Å². The Balaban J connectivity index is 1.86. The Bertz CT molecular complexity index is 634. The van der Waals surface area contributed by atoms with E-state index in [2.05, 4.69) is 10.2 Å². The SMILES string of the molecule is CCCS(=O)(=O)N1CCCC1C(=O)NCCN(C)c1ccccc1. The van der Waals surface area contributed by atoms with Crippen LogP contribution >= 0.6 is 0 Å². The summed E-state index contributed by atoms with van der Waals surface area (Å²) < 4.78 is 25.9. The molecular weight excluding hydrogens is 326 g/mol. The van der Waals surface area contributed by atoms with Crippen LogP contribution in [0, 0.1) is 0 Å². The zero-order valence-electron chi connectivity index (χ0n) is 14.4. The Kier molecular flexibility index (Phi) is 6.62. The first-order valence-electron chi connectivity index (χ1n) is 8.49. The van der Waals surface area contributed by atoms with E-state index in [4.69, 9.17) is 0 Å². The van der Waals surface area contributed by atoms with E-state index < -0.39 is 16.1 Å². The highest BCUT2D eigenvalue weighted by atomic mass is 32.2. The van der Waals surface area contributed by atoms with Crippen LogP contribution in [0.15, 0.2) is 30.3 Å². The molecule has 2 rings (SSSR count). The zero-order valence-corrected chi connectivity index (χ0v) is 15.3. The maximum atomic E-state index is 12.4. The molecule has 1 N–H and O–H groups in total. The number of hydrogen-bond donors (Lipinski definition) is 1. The van der Waals surface area contributed by atoms with Crippen molar-refractivity contribution >= 4 is 21.6 Å². The minimum atomic E-state index is -3.33. The number of nitrogens with zero attached hydrogens (tertiary/aromatic N) is 2. The number of likely N-dealkylation sites (N-methyl/N-ethyl adjacent to an activating group) is 1. The van der Waals surface area contributed by atoms with Crippen molar-refractivity contribution in [3.05, 3.63) is 30.3 Å². The highest BCUT2D eigenvalue weighted by Crippen LogP contribution is 2.22. The highest BCUT2D eigenvalue weighted by molar-refractivity contribution is 7.89. The average molecular weight is 353 g/mol. The summed E-state index contributed by atoms with van der Waals surface area (Å²) in [6, 6.07) is 9.38. The maximum Gasteiger partial charge on any atom is 0.238 e. The average Bonchev–Trinajstić information content (AvgIpc) is 3.06. The lowest BCUT2D eigenvalue weighted by Crippen LogP contribution is -2.47. The molecule has 1 atom stereocenters. The van der Waals surface area contributed by atoms with Crippen molar-refractivity contribution in [2.45, 2.75) is 32.2 Å². The molecule has 7 heteroatoms. The van der Waals surface area contributed by atoms with Crippen LogP contribution in [0.1, 0.15) is 26.2 Å². The molecule has 1 aliphatic rings. The molecule has 134 valence electrons. The van der Waals surface area contributed by atoms with E-state index in [0.717, 1.165) is 12.1 Å². The second-order valence-corrected chi connectivity index (χ2v) is 8.17. The standard InChI is InChI=1S/C17H27N3O3S/c1-3-14-24(22,23)20-12-7-10-16(20)17(21)18-11-13-19(2)15-8-5-4-6-9-15/h4-6,8-9,16H,3,7,10-14H2,1-2H3,(H,18,21). The van der Waals surface area contributed by atoms with Crippen molar-refractivity contribution in [3.8, 4) is 0 Å². The molecule has 1 fully saturated rings. The third-order valence-corrected chi connectivity index (χ3v) is 6.34. The zero-order chi connectivity index (χ0) is 17.6. The predicted octanol–water partition coefficient (Wildman–Crippen LogP) is 1.44. The number of amides is 1. The fourth-order valence-corrected chi connectivity index (χ4v) is 4.73. The number of sulfonamides is 1. The van der Waals surface area contributed by atoms with Crippen LogP contribution in [0.2, 0.25) is 0 Å². The molecule has 1 aliphatic heterocycles. The first-order valence-corrected chi connectivity index (χ1v) is 10.1. The molecule has 1 aromatic carbocycles. The largest absolute Gasteiger partial charge is 0.373 e. The van der Waals surface area contributed by atoms with Crippen molar-refractivity contribution < 1.29 is 13.2 Å². The van der Waals surface area contributed by atoms with Gasteiger partial charge >= 0.3 is 0 Å². The molecule has 0 bridgehead atoms. The Hall–Kier alpha value is -1.60. The van der Waals surface area contributed by atoms with Crippen molar-refractivity contribution in [2.75, 3.05) is 37.3 Å². The predicted molar refractivity (Wildman–Crippen MR) is 96.5 cm³/mol. The van der Waals surface area contributed by atoms with Crippen LogP contribution < -0.4 is 10.2 Å². The van der Waals surface area contributed by atoms with Crippen molar-refractivity contribution in [1.29, 1.82) is 0 Å². The summed E-state index contributed by atoms with van der Waals surface area (Å²) >= 11 is 0. The third-order valence-electron chi connectivity index (χ3n) is 4.27. The molecular formula is C17H27N3O3S. The maximum absolute atomic E-state index is 12.4. The Morgan fingerprint density at radius 3 is 2.71 bits per heavy atom. The summed E-state index contributed by atoms with van der Waals surface area (Å²) in [5.74, 6) is -0.0818. The van der Waals surface area contributed by atoms with Gasteiger partial charge in [-0.1, -0.05) is 25.1 Å². The van der Waals surface area contributed by atoms with E-state index in [1.165, 1.54) is 4.31 Å². The topological polar surface area (TPSA) is 69.7 Å². The molecule has 1 heterocycles. The summed E-state index contributed by atoms with van der Waals surface area (Å²) in [6.07, 6.45) is 1.91. The van der Waals surface area contributed by atoms with Gasteiger partial charge in [-0.05, 0) is 31.4 Å². The van der Waals surface area contributed by atoms with Crippen LogP contribution in [0.4, 0.5) is 5.69 Å². The van der Waals surface area contributed by atoms with Crippen LogP contribution in [-0.2, 0) is 14.8 Å². The van der Waals surface area contributed by atoms with Gasteiger partial charge in [0.1, 0.15) is 6.04 Å². The highest BCUT2D eigenvalue weighted by Gasteiger charge is 2.37. The van der Waals surface area contributed by atoms with Gasteiger partial charge in [0.2, 0.25) is 15.9 Å². The van der Waals surface area contributed by atoms with Gasteiger partial charge in [-0.3, -0.25) is 4.79 Å². The van der Waals surface area contributed by atoms with Crippen molar-refractivity contribution in [2.24, 2.45) is 0 Å². The number of anilines is 1. The monoisotopic (exact) mass is 353 g/mol. The molecule has 1 saturated heterocycles. The van der Waals surface area contributed by atoms with E-state index in [0.29, 0.717) is 32.5 Å². The number of para-hydroxylation sites is 1. The number of nitrogens with one attached hydrogen (secondary N) is 1. The number of hydrogen-bond acceptors (Lipinski definition) is 4. The molecule has 1 aromatic rings. The number of carbonyl (C=O) groups excluding carboxylic acids is 1. The lowest BCUT2D eigenvalue weighted by atomic mass is 10.2. The van der Waals surface area contributed by atoms with Gasteiger partial charge in [0.15, 0.2) is 0 Å². The fourth-order valence-electron chi connectivity index (χ4n) is 2.99. The van der Waals surface area contributed by atoms with E-state index in [9.17, 15) is 13.2 Å². The van der Waals surface area contributed by atoms with E-state index in [1.807, 2.05) is 44.3 Å². The quantitative estimate of drug-likeness (QED) is 0.768. The summed E-state index contributed by atoms with van der Waals surface area (Å²) in [7, 11) is -1.36.